The van der Waals surface area contributed by atoms with Gasteiger partial charge in [-0.15, -0.1) is 11.3 Å². The molecular weight excluding hydrogens is 308 g/mol. The van der Waals surface area contributed by atoms with Gasteiger partial charge in [0.15, 0.2) is 0 Å². The average molecular weight is 325 g/mol. The van der Waals surface area contributed by atoms with E-state index >= 15 is 0 Å². The third kappa shape index (κ3) is 2.66. The second-order valence-electron chi connectivity index (χ2n) is 4.44. The Balaban J connectivity index is 2.42. The van der Waals surface area contributed by atoms with E-state index in [1.165, 1.54) is 16.0 Å². The van der Waals surface area contributed by atoms with Crippen LogP contribution in [0.2, 0.25) is 0 Å². The van der Waals surface area contributed by atoms with E-state index in [1.807, 2.05) is 7.05 Å². The lowest BCUT2D eigenvalue weighted by Gasteiger charge is -2.07. The van der Waals surface area contributed by atoms with Crippen molar-refractivity contribution in [3.8, 4) is 10.6 Å². The Hall–Kier alpha value is -0.710. The van der Waals surface area contributed by atoms with Gasteiger partial charge >= 0.3 is 0 Å². The molecule has 0 amide bonds. The van der Waals surface area contributed by atoms with Crippen molar-refractivity contribution in [3.05, 3.63) is 38.8 Å². The van der Waals surface area contributed by atoms with E-state index in [0.717, 1.165) is 15.2 Å². The number of aromatic nitrogens is 1. The van der Waals surface area contributed by atoms with Crippen LogP contribution in [0.5, 0.6) is 0 Å². The molecule has 1 aromatic carbocycles. The van der Waals surface area contributed by atoms with Crippen LogP contribution in [-0.4, -0.2) is 12.0 Å². The lowest BCUT2D eigenvalue weighted by molar-refractivity contribution is 0.658. The summed E-state index contributed by atoms with van der Waals surface area (Å²) in [5.74, 6) is 0. The summed E-state index contributed by atoms with van der Waals surface area (Å²) in [6.45, 7) is 6.33. The van der Waals surface area contributed by atoms with Crippen LogP contribution < -0.4 is 5.32 Å². The van der Waals surface area contributed by atoms with Gasteiger partial charge < -0.3 is 5.32 Å². The average Bonchev–Trinajstić information content (AvgIpc) is 2.74. The molecule has 0 radical (unpaired) electrons. The van der Waals surface area contributed by atoms with Crippen molar-refractivity contribution in [1.82, 2.24) is 10.3 Å². The molecule has 1 N–H and O–H groups in total. The lowest BCUT2D eigenvalue weighted by atomic mass is 10.1. The number of nitrogens with one attached hydrogen (secondary N) is 1. The zero-order valence-corrected chi connectivity index (χ0v) is 13.4. The van der Waals surface area contributed by atoms with Gasteiger partial charge in [-0.25, -0.2) is 4.98 Å². The molecule has 2 nitrogen and oxygen atoms in total. The second-order valence-corrected chi connectivity index (χ2v) is 6.33. The van der Waals surface area contributed by atoms with Gasteiger partial charge in [0.1, 0.15) is 5.01 Å². The first-order valence-corrected chi connectivity index (χ1v) is 7.55. The predicted octanol–water partition coefficient (Wildman–Crippen LogP) is 4.47. The molecule has 96 valence electrons. The van der Waals surface area contributed by atoms with E-state index in [9.17, 15) is 0 Å². The van der Waals surface area contributed by atoms with E-state index in [1.54, 1.807) is 11.3 Å². The highest BCUT2D eigenvalue weighted by molar-refractivity contribution is 9.10. The fourth-order valence-electron chi connectivity index (χ4n) is 1.79. The first kappa shape index (κ1) is 13.7. The molecule has 1 aromatic heterocycles. The van der Waals surface area contributed by atoms with E-state index in [2.05, 4.69) is 65.2 Å². The van der Waals surface area contributed by atoms with Gasteiger partial charge in [0.05, 0.1) is 5.69 Å². The van der Waals surface area contributed by atoms with Crippen LogP contribution in [-0.2, 0) is 0 Å². The summed E-state index contributed by atoms with van der Waals surface area (Å²) in [4.78, 5) is 5.99. The molecule has 0 aliphatic rings. The van der Waals surface area contributed by atoms with Crippen LogP contribution in [0.15, 0.2) is 22.7 Å². The maximum Gasteiger partial charge on any atom is 0.123 e. The Bertz CT molecular complexity index is 563. The van der Waals surface area contributed by atoms with Crippen molar-refractivity contribution in [3.63, 3.8) is 0 Å². The standard InChI is InChI=1S/C14H17BrN2S/c1-8-5-6-11(7-12(8)15)14-17-10(3)13(18-14)9(2)16-4/h5-7,9,16H,1-4H3. The number of rotatable bonds is 3. The van der Waals surface area contributed by atoms with Gasteiger partial charge in [0.2, 0.25) is 0 Å². The minimum atomic E-state index is 0.352. The zero-order valence-electron chi connectivity index (χ0n) is 11.0. The number of halogens is 1. The number of hydrogen-bond acceptors (Lipinski definition) is 3. The van der Waals surface area contributed by atoms with Crippen LogP contribution in [0.3, 0.4) is 0 Å². The number of nitrogens with zero attached hydrogens (tertiary/aromatic N) is 1. The molecule has 1 heterocycles. The molecule has 0 bridgehead atoms. The molecule has 0 aliphatic heterocycles. The normalized spacial score (nSPS) is 12.7. The fraction of sp³-hybridized carbons (Fsp3) is 0.357. The first-order valence-electron chi connectivity index (χ1n) is 5.94. The zero-order chi connectivity index (χ0) is 13.3. The minimum Gasteiger partial charge on any atom is -0.312 e. The van der Waals surface area contributed by atoms with Crippen LogP contribution in [0.25, 0.3) is 10.6 Å². The quantitative estimate of drug-likeness (QED) is 0.900. The maximum absolute atomic E-state index is 4.68. The monoisotopic (exact) mass is 324 g/mol. The molecule has 2 rings (SSSR count). The fourth-order valence-corrected chi connectivity index (χ4v) is 3.29. The Morgan fingerprint density at radius 2 is 2.06 bits per heavy atom. The van der Waals surface area contributed by atoms with Crippen LogP contribution in [0.1, 0.15) is 29.1 Å². The van der Waals surface area contributed by atoms with Gasteiger partial charge in [-0.3, -0.25) is 0 Å². The smallest absolute Gasteiger partial charge is 0.123 e. The third-order valence-electron chi connectivity index (χ3n) is 3.08. The highest BCUT2D eigenvalue weighted by Crippen LogP contribution is 2.33. The Kier molecular flexibility index (Phi) is 4.20. The van der Waals surface area contributed by atoms with Crippen molar-refractivity contribution in [2.45, 2.75) is 26.8 Å². The molecule has 0 aliphatic carbocycles. The molecule has 1 atom stereocenters. The number of benzene rings is 1. The minimum absolute atomic E-state index is 0.352. The van der Waals surface area contributed by atoms with Gasteiger partial charge in [0.25, 0.3) is 0 Å². The third-order valence-corrected chi connectivity index (χ3v) is 5.32. The van der Waals surface area contributed by atoms with E-state index in [4.69, 9.17) is 0 Å². The van der Waals surface area contributed by atoms with Crippen molar-refractivity contribution in [2.24, 2.45) is 0 Å². The molecule has 0 saturated carbocycles. The molecule has 18 heavy (non-hydrogen) atoms. The summed E-state index contributed by atoms with van der Waals surface area (Å²) in [5.41, 5.74) is 3.54. The summed E-state index contributed by atoms with van der Waals surface area (Å²) >= 11 is 5.34. The van der Waals surface area contributed by atoms with E-state index in [0.29, 0.717) is 6.04 Å². The van der Waals surface area contributed by atoms with Gasteiger partial charge in [-0.1, -0.05) is 28.1 Å². The highest BCUT2D eigenvalue weighted by atomic mass is 79.9. The highest BCUT2D eigenvalue weighted by Gasteiger charge is 2.14. The number of hydrogen-bond donors (Lipinski definition) is 1. The van der Waals surface area contributed by atoms with E-state index in [-0.39, 0.29) is 0 Å². The molecule has 0 saturated heterocycles. The molecule has 2 aromatic rings. The van der Waals surface area contributed by atoms with Crippen LogP contribution in [0.4, 0.5) is 0 Å². The number of thiazole rings is 1. The summed E-state index contributed by atoms with van der Waals surface area (Å²) in [6.07, 6.45) is 0. The maximum atomic E-state index is 4.68. The molecule has 0 spiro atoms. The second kappa shape index (κ2) is 5.51. The largest absolute Gasteiger partial charge is 0.312 e. The van der Waals surface area contributed by atoms with Crippen LogP contribution >= 0.6 is 27.3 Å². The molecule has 1 unspecified atom stereocenters. The summed E-state index contributed by atoms with van der Waals surface area (Å²) in [7, 11) is 1.98. The Labute approximate surface area is 121 Å². The van der Waals surface area contributed by atoms with Crippen molar-refractivity contribution in [2.75, 3.05) is 7.05 Å². The summed E-state index contributed by atoms with van der Waals surface area (Å²) in [6, 6.07) is 6.75. The summed E-state index contributed by atoms with van der Waals surface area (Å²) < 4.78 is 1.14. The molecular formula is C14H17BrN2S. The van der Waals surface area contributed by atoms with Crippen molar-refractivity contribution < 1.29 is 0 Å². The summed E-state index contributed by atoms with van der Waals surface area (Å²) in [5, 5.41) is 4.36. The molecule has 0 fully saturated rings. The van der Waals surface area contributed by atoms with Gasteiger partial charge in [-0.05, 0) is 39.4 Å². The predicted molar refractivity (Wildman–Crippen MR) is 82.2 cm³/mol. The van der Waals surface area contributed by atoms with Crippen molar-refractivity contribution >= 4 is 27.3 Å². The lowest BCUT2D eigenvalue weighted by Crippen LogP contribution is -2.11. The van der Waals surface area contributed by atoms with Crippen LogP contribution in [0, 0.1) is 13.8 Å². The van der Waals surface area contributed by atoms with Gasteiger partial charge in [-0.2, -0.15) is 0 Å². The Morgan fingerprint density at radius 3 is 2.67 bits per heavy atom. The molecule has 4 heteroatoms. The van der Waals surface area contributed by atoms with Gasteiger partial charge in [0, 0.05) is 21.0 Å². The SMILES string of the molecule is CNC(C)c1sc(-c2ccc(C)c(Br)c2)nc1C. The number of aryl methyl sites for hydroxylation is 2. The van der Waals surface area contributed by atoms with E-state index < -0.39 is 0 Å². The topological polar surface area (TPSA) is 24.9 Å². The van der Waals surface area contributed by atoms with Crippen molar-refractivity contribution in [1.29, 1.82) is 0 Å². The Morgan fingerprint density at radius 1 is 1.33 bits per heavy atom. The first-order chi connectivity index (χ1) is 8.52.